The Morgan fingerprint density at radius 2 is 2.27 bits per heavy atom. The van der Waals surface area contributed by atoms with Crippen LogP contribution in [0, 0.1) is 0 Å². The Bertz CT molecular complexity index is 745. The van der Waals surface area contributed by atoms with E-state index in [1.165, 1.54) is 0 Å². The first-order valence-electron chi connectivity index (χ1n) is 8.94. The van der Waals surface area contributed by atoms with Gasteiger partial charge >= 0.3 is 0 Å². The lowest BCUT2D eigenvalue weighted by molar-refractivity contribution is -0.131. The van der Waals surface area contributed by atoms with Gasteiger partial charge in [-0.3, -0.25) is 4.79 Å². The first-order valence-corrected chi connectivity index (χ1v) is 8.94. The molecule has 2 aromatic rings. The molecule has 1 aliphatic heterocycles. The highest BCUT2D eigenvalue weighted by atomic mass is 16.5. The molecule has 2 atom stereocenters. The molecule has 1 aliphatic rings. The summed E-state index contributed by atoms with van der Waals surface area (Å²) in [6, 6.07) is 7.82. The number of ether oxygens (including phenoxy) is 1. The van der Waals surface area contributed by atoms with Gasteiger partial charge in [0.1, 0.15) is 17.6 Å². The molecule has 0 bridgehead atoms. The third kappa shape index (κ3) is 4.23. The van der Waals surface area contributed by atoms with Crippen molar-refractivity contribution in [1.29, 1.82) is 0 Å². The van der Waals surface area contributed by atoms with Gasteiger partial charge in [-0.25, -0.2) is 15.8 Å². The fourth-order valence-corrected chi connectivity index (χ4v) is 3.28. The molecule has 0 aliphatic carbocycles. The average Bonchev–Trinajstić information content (AvgIpc) is 3.30. The average molecular weight is 357 g/mol. The van der Waals surface area contributed by atoms with Crippen LogP contribution in [0.25, 0.3) is 0 Å². The van der Waals surface area contributed by atoms with E-state index in [1.54, 1.807) is 18.2 Å². The minimum Gasteiger partial charge on any atom is -0.497 e. The van der Waals surface area contributed by atoms with E-state index in [4.69, 9.17) is 4.74 Å². The van der Waals surface area contributed by atoms with E-state index >= 15 is 0 Å². The molecule has 1 aromatic heterocycles. The van der Waals surface area contributed by atoms with Crippen LogP contribution in [0.1, 0.15) is 30.3 Å². The first kappa shape index (κ1) is 18.4. The van der Waals surface area contributed by atoms with Gasteiger partial charge < -0.3 is 14.2 Å². The van der Waals surface area contributed by atoms with Crippen LogP contribution >= 0.6 is 0 Å². The number of rotatable bonds is 7. The lowest BCUT2D eigenvalue weighted by atomic mass is 10.0. The monoisotopic (exact) mass is 357 g/mol. The van der Waals surface area contributed by atoms with Crippen molar-refractivity contribution in [3.63, 3.8) is 0 Å². The van der Waals surface area contributed by atoms with Crippen molar-refractivity contribution in [2.45, 2.75) is 31.3 Å². The molecule has 0 spiro atoms. The summed E-state index contributed by atoms with van der Waals surface area (Å²) in [6.07, 6.45) is 6.22. The fourth-order valence-electron chi connectivity index (χ4n) is 3.28. The summed E-state index contributed by atoms with van der Waals surface area (Å²) in [6.45, 7) is 0.716. The number of hydrazine groups is 1. The topological polar surface area (TPSA) is 71.4 Å². The minimum atomic E-state index is -0.218. The molecule has 26 heavy (non-hydrogen) atoms. The number of nitrogens with zero attached hydrogens (tertiary/aromatic N) is 3. The van der Waals surface area contributed by atoms with Gasteiger partial charge in [-0.2, -0.15) is 0 Å². The number of nitrogens with one attached hydrogen (secondary N) is 2. The maximum absolute atomic E-state index is 12.7. The zero-order valence-electron chi connectivity index (χ0n) is 15.6. The van der Waals surface area contributed by atoms with E-state index < -0.39 is 0 Å². The molecule has 7 heteroatoms. The summed E-state index contributed by atoms with van der Waals surface area (Å²) < 4.78 is 7.30. The second-order valence-electron chi connectivity index (χ2n) is 6.72. The third-order valence-electron chi connectivity index (χ3n) is 4.89. The predicted octanol–water partition coefficient (Wildman–Crippen LogP) is 1.43. The van der Waals surface area contributed by atoms with Crippen LogP contribution in [-0.2, 0) is 18.3 Å². The van der Waals surface area contributed by atoms with Crippen molar-refractivity contribution in [3.05, 3.63) is 48.0 Å². The lowest BCUT2D eigenvalue weighted by Crippen LogP contribution is -2.44. The zero-order valence-corrected chi connectivity index (χ0v) is 15.6. The Labute approximate surface area is 154 Å². The van der Waals surface area contributed by atoms with Crippen molar-refractivity contribution in [1.82, 2.24) is 25.3 Å². The summed E-state index contributed by atoms with van der Waals surface area (Å²) in [4.78, 5) is 18.8. The Kier molecular flexibility index (Phi) is 5.90. The van der Waals surface area contributed by atoms with Crippen LogP contribution in [0.5, 0.6) is 5.75 Å². The van der Waals surface area contributed by atoms with Crippen molar-refractivity contribution in [3.8, 4) is 5.75 Å². The van der Waals surface area contributed by atoms with Gasteiger partial charge in [-0.15, -0.1) is 0 Å². The molecule has 2 N–H and O–H groups in total. The Hall–Kier alpha value is -2.38. The SMILES string of the molecule is COc1cccc(C2CC(C(=O)N(C)CCCc3nccn3C)NN2)c1. The molecule has 1 amide bonds. The molecular formula is C19H27N5O2. The van der Waals surface area contributed by atoms with Gasteiger partial charge in [0.25, 0.3) is 0 Å². The van der Waals surface area contributed by atoms with Gasteiger partial charge in [0, 0.05) is 45.5 Å². The largest absolute Gasteiger partial charge is 0.497 e. The summed E-state index contributed by atoms with van der Waals surface area (Å²) in [5.74, 6) is 1.98. The number of carbonyl (C=O) groups excluding carboxylic acids is 1. The van der Waals surface area contributed by atoms with Gasteiger partial charge in [-0.1, -0.05) is 12.1 Å². The number of likely N-dealkylation sites (N-methyl/N-ethyl adjacent to an activating group) is 1. The maximum Gasteiger partial charge on any atom is 0.240 e. The van der Waals surface area contributed by atoms with E-state index in [-0.39, 0.29) is 18.0 Å². The molecule has 1 fully saturated rings. The lowest BCUT2D eigenvalue weighted by Gasteiger charge is -2.20. The van der Waals surface area contributed by atoms with Crippen LogP contribution in [0.2, 0.25) is 0 Å². The van der Waals surface area contributed by atoms with E-state index in [0.29, 0.717) is 6.54 Å². The van der Waals surface area contributed by atoms with E-state index in [1.807, 2.05) is 49.1 Å². The number of methoxy groups -OCH3 is 1. The number of hydrogen-bond acceptors (Lipinski definition) is 5. The van der Waals surface area contributed by atoms with Crippen molar-refractivity contribution >= 4 is 5.91 Å². The van der Waals surface area contributed by atoms with E-state index in [2.05, 4.69) is 15.8 Å². The van der Waals surface area contributed by atoms with Crippen molar-refractivity contribution in [2.75, 3.05) is 20.7 Å². The molecule has 0 radical (unpaired) electrons. The number of aryl methyl sites for hydroxylation is 2. The van der Waals surface area contributed by atoms with Gasteiger partial charge in [0.05, 0.1) is 7.11 Å². The number of hydrogen-bond donors (Lipinski definition) is 2. The van der Waals surface area contributed by atoms with Gasteiger partial charge in [0.2, 0.25) is 5.91 Å². The number of carbonyl (C=O) groups is 1. The molecule has 2 heterocycles. The summed E-state index contributed by atoms with van der Waals surface area (Å²) in [5, 5.41) is 0. The quantitative estimate of drug-likeness (QED) is 0.784. The minimum absolute atomic E-state index is 0.0972. The van der Waals surface area contributed by atoms with Crippen LogP contribution in [0.15, 0.2) is 36.7 Å². The second kappa shape index (κ2) is 8.33. The molecular weight excluding hydrogens is 330 g/mol. The van der Waals surface area contributed by atoms with Crippen LogP contribution < -0.4 is 15.6 Å². The van der Waals surface area contributed by atoms with E-state index in [9.17, 15) is 4.79 Å². The molecule has 2 unspecified atom stereocenters. The summed E-state index contributed by atoms with van der Waals surface area (Å²) in [5.41, 5.74) is 7.48. The highest BCUT2D eigenvalue weighted by Crippen LogP contribution is 2.25. The molecule has 0 saturated carbocycles. The fraction of sp³-hybridized carbons (Fsp3) is 0.474. The van der Waals surface area contributed by atoms with Gasteiger partial charge in [-0.05, 0) is 30.5 Å². The number of aromatic nitrogens is 2. The zero-order chi connectivity index (χ0) is 18.5. The molecule has 1 saturated heterocycles. The standard InChI is InChI=1S/C19H27N5O2/c1-23-11-9-20-18(23)8-5-10-24(2)19(25)17-13-16(21-22-17)14-6-4-7-15(12-14)26-3/h4,6-7,9,11-12,16-17,21-22H,5,8,10,13H2,1-3H3. The Morgan fingerprint density at radius 3 is 3.00 bits per heavy atom. The number of imidazole rings is 1. The molecule has 1 aromatic carbocycles. The van der Waals surface area contributed by atoms with Crippen molar-refractivity contribution in [2.24, 2.45) is 7.05 Å². The van der Waals surface area contributed by atoms with Crippen LogP contribution in [0.3, 0.4) is 0 Å². The molecule has 3 rings (SSSR count). The smallest absolute Gasteiger partial charge is 0.240 e. The number of benzene rings is 1. The van der Waals surface area contributed by atoms with Gasteiger partial charge in [0.15, 0.2) is 0 Å². The van der Waals surface area contributed by atoms with E-state index in [0.717, 1.165) is 36.4 Å². The third-order valence-corrected chi connectivity index (χ3v) is 4.89. The van der Waals surface area contributed by atoms with Crippen LogP contribution in [-0.4, -0.2) is 47.1 Å². The highest BCUT2D eigenvalue weighted by Gasteiger charge is 2.31. The molecule has 7 nitrogen and oxygen atoms in total. The summed E-state index contributed by atoms with van der Waals surface area (Å²) in [7, 11) is 5.51. The Balaban J connectivity index is 1.49. The normalized spacial score (nSPS) is 19.5. The second-order valence-corrected chi connectivity index (χ2v) is 6.72. The summed E-state index contributed by atoms with van der Waals surface area (Å²) >= 11 is 0. The highest BCUT2D eigenvalue weighted by molar-refractivity contribution is 5.82. The van der Waals surface area contributed by atoms with Crippen molar-refractivity contribution < 1.29 is 9.53 Å². The Morgan fingerprint density at radius 1 is 1.42 bits per heavy atom. The predicted molar refractivity (Wildman–Crippen MR) is 99.6 cm³/mol. The maximum atomic E-state index is 12.7. The van der Waals surface area contributed by atoms with Crippen LogP contribution in [0.4, 0.5) is 0 Å². The number of amides is 1. The first-order chi connectivity index (χ1) is 12.6. The molecule has 140 valence electrons.